The number of ether oxygens (including phenoxy) is 1. The number of rotatable bonds is 2. The largest absolute Gasteiger partial charge is 0.398 e. The van der Waals surface area contributed by atoms with Gasteiger partial charge in [0.2, 0.25) is 0 Å². The summed E-state index contributed by atoms with van der Waals surface area (Å²) >= 11 is 3.38. The zero-order valence-electron chi connectivity index (χ0n) is 10.3. The number of tetrazole rings is 1. The van der Waals surface area contributed by atoms with E-state index in [2.05, 4.69) is 31.5 Å². The number of nitrogens with zero attached hydrogens (tertiary/aromatic N) is 4. The summed E-state index contributed by atoms with van der Waals surface area (Å²) in [6.07, 6.45) is 2.07. The zero-order chi connectivity index (χ0) is 13.2. The smallest absolute Gasteiger partial charge is 0.182 e. The van der Waals surface area contributed by atoms with E-state index in [0.29, 0.717) is 12.3 Å². The van der Waals surface area contributed by atoms with E-state index in [9.17, 15) is 0 Å². The second-order valence-electron chi connectivity index (χ2n) is 4.55. The van der Waals surface area contributed by atoms with Gasteiger partial charge in [0, 0.05) is 22.3 Å². The van der Waals surface area contributed by atoms with E-state index in [-0.39, 0.29) is 6.04 Å². The molecule has 19 heavy (non-hydrogen) atoms. The molecule has 1 aromatic heterocycles. The number of hydrogen-bond donors (Lipinski definition) is 1. The van der Waals surface area contributed by atoms with Gasteiger partial charge in [0.15, 0.2) is 5.82 Å². The molecule has 2 N–H and O–H groups in total. The molecule has 2 aromatic rings. The van der Waals surface area contributed by atoms with Crippen LogP contribution in [0.3, 0.4) is 0 Å². The van der Waals surface area contributed by atoms with Gasteiger partial charge < -0.3 is 10.5 Å². The topological polar surface area (TPSA) is 78.9 Å². The first kappa shape index (κ1) is 12.6. The summed E-state index contributed by atoms with van der Waals surface area (Å²) in [4.78, 5) is 0. The quantitative estimate of drug-likeness (QED) is 0.855. The van der Waals surface area contributed by atoms with E-state index in [0.717, 1.165) is 35.3 Å². The Labute approximate surface area is 119 Å². The number of anilines is 1. The van der Waals surface area contributed by atoms with Crippen molar-refractivity contribution in [1.82, 2.24) is 20.2 Å². The predicted octanol–water partition coefficient (Wildman–Crippen LogP) is 2.04. The molecule has 0 amide bonds. The van der Waals surface area contributed by atoms with E-state index < -0.39 is 0 Å². The van der Waals surface area contributed by atoms with Gasteiger partial charge in [-0.25, -0.2) is 4.68 Å². The zero-order valence-corrected chi connectivity index (χ0v) is 11.9. The maximum atomic E-state index is 5.91. The molecule has 0 aliphatic carbocycles. The lowest BCUT2D eigenvalue weighted by molar-refractivity contribution is 0.0548. The summed E-state index contributed by atoms with van der Waals surface area (Å²) in [6.45, 7) is 1.48. The van der Waals surface area contributed by atoms with Crippen LogP contribution in [0.5, 0.6) is 0 Å². The summed E-state index contributed by atoms with van der Waals surface area (Å²) in [7, 11) is 0. The lowest BCUT2D eigenvalue weighted by atomic mass is 10.1. The van der Waals surface area contributed by atoms with Crippen LogP contribution in [0.15, 0.2) is 22.7 Å². The molecule has 1 aromatic carbocycles. The highest BCUT2D eigenvalue weighted by molar-refractivity contribution is 9.10. The monoisotopic (exact) mass is 323 g/mol. The van der Waals surface area contributed by atoms with E-state index in [1.807, 2.05) is 22.9 Å². The second kappa shape index (κ2) is 5.26. The first-order chi connectivity index (χ1) is 9.25. The third-order valence-electron chi connectivity index (χ3n) is 3.23. The summed E-state index contributed by atoms with van der Waals surface area (Å²) in [5.74, 6) is 0.731. The third kappa shape index (κ3) is 2.48. The molecule has 3 rings (SSSR count). The van der Waals surface area contributed by atoms with E-state index in [1.54, 1.807) is 0 Å². The van der Waals surface area contributed by atoms with Gasteiger partial charge in [0.25, 0.3) is 0 Å². The molecule has 0 spiro atoms. The number of benzene rings is 1. The number of nitrogen functional groups attached to an aromatic ring is 1. The molecular weight excluding hydrogens is 310 g/mol. The molecule has 0 radical (unpaired) electrons. The molecule has 1 unspecified atom stereocenters. The van der Waals surface area contributed by atoms with Crippen LogP contribution in [0.25, 0.3) is 11.4 Å². The maximum Gasteiger partial charge on any atom is 0.182 e. The van der Waals surface area contributed by atoms with Crippen LogP contribution in [0.4, 0.5) is 5.69 Å². The molecule has 1 fully saturated rings. The number of hydrogen-bond acceptors (Lipinski definition) is 5. The van der Waals surface area contributed by atoms with Gasteiger partial charge in [-0.05, 0) is 57.4 Å². The minimum absolute atomic E-state index is 0.198. The minimum Gasteiger partial charge on any atom is -0.398 e. The summed E-state index contributed by atoms with van der Waals surface area (Å²) < 4.78 is 8.20. The van der Waals surface area contributed by atoms with Gasteiger partial charge in [-0.3, -0.25) is 0 Å². The number of halogens is 1. The fraction of sp³-hybridized carbons (Fsp3) is 0.417. The van der Waals surface area contributed by atoms with E-state index >= 15 is 0 Å². The molecule has 0 saturated carbocycles. The molecule has 2 heterocycles. The maximum absolute atomic E-state index is 5.91. The average molecular weight is 324 g/mol. The van der Waals surface area contributed by atoms with Crippen molar-refractivity contribution in [3.63, 3.8) is 0 Å². The molecule has 1 aliphatic heterocycles. The van der Waals surface area contributed by atoms with Gasteiger partial charge in [-0.1, -0.05) is 0 Å². The third-order valence-corrected chi connectivity index (χ3v) is 3.95. The highest BCUT2D eigenvalue weighted by Crippen LogP contribution is 2.28. The Hall–Kier alpha value is -1.47. The first-order valence-electron chi connectivity index (χ1n) is 6.16. The standard InChI is InChI=1S/C12H14BrN5O/c13-10-4-3-8(6-11(10)14)12-15-16-17-18(12)9-2-1-5-19-7-9/h3-4,6,9H,1-2,5,7,14H2. The van der Waals surface area contributed by atoms with Crippen molar-refractivity contribution in [3.8, 4) is 11.4 Å². The Morgan fingerprint density at radius 1 is 1.42 bits per heavy atom. The van der Waals surface area contributed by atoms with Crippen molar-refractivity contribution in [2.75, 3.05) is 18.9 Å². The van der Waals surface area contributed by atoms with Gasteiger partial charge in [0.05, 0.1) is 12.6 Å². The lowest BCUT2D eigenvalue weighted by Gasteiger charge is -2.22. The molecule has 0 bridgehead atoms. The lowest BCUT2D eigenvalue weighted by Crippen LogP contribution is -2.23. The van der Waals surface area contributed by atoms with Crippen LogP contribution in [0.1, 0.15) is 18.9 Å². The van der Waals surface area contributed by atoms with Crippen LogP contribution < -0.4 is 5.73 Å². The number of nitrogens with two attached hydrogens (primary N) is 1. The normalized spacial score (nSPS) is 19.5. The Morgan fingerprint density at radius 2 is 2.32 bits per heavy atom. The Bertz CT molecular complexity index is 579. The van der Waals surface area contributed by atoms with Crippen molar-refractivity contribution in [2.45, 2.75) is 18.9 Å². The fourth-order valence-electron chi connectivity index (χ4n) is 2.23. The molecule has 1 atom stereocenters. The van der Waals surface area contributed by atoms with Crippen molar-refractivity contribution in [1.29, 1.82) is 0 Å². The minimum atomic E-state index is 0.198. The van der Waals surface area contributed by atoms with Gasteiger partial charge >= 0.3 is 0 Å². The van der Waals surface area contributed by atoms with Crippen LogP contribution in [-0.4, -0.2) is 33.4 Å². The van der Waals surface area contributed by atoms with Gasteiger partial charge in [-0.15, -0.1) is 5.10 Å². The van der Waals surface area contributed by atoms with Crippen LogP contribution in [0, 0.1) is 0 Å². The van der Waals surface area contributed by atoms with Crippen LogP contribution in [0.2, 0.25) is 0 Å². The molecule has 100 valence electrons. The summed E-state index contributed by atoms with van der Waals surface area (Å²) in [6, 6.07) is 5.92. The molecule has 1 saturated heterocycles. The molecule has 7 heteroatoms. The van der Waals surface area contributed by atoms with Crippen molar-refractivity contribution >= 4 is 21.6 Å². The van der Waals surface area contributed by atoms with Crippen molar-refractivity contribution in [2.24, 2.45) is 0 Å². The molecular formula is C12H14BrN5O. The highest BCUT2D eigenvalue weighted by atomic mass is 79.9. The summed E-state index contributed by atoms with van der Waals surface area (Å²) in [5.41, 5.74) is 7.49. The SMILES string of the molecule is Nc1cc(-c2nnnn2C2CCCOC2)ccc1Br. The Morgan fingerprint density at radius 3 is 3.05 bits per heavy atom. The van der Waals surface area contributed by atoms with E-state index in [4.69, 9.17) is 10.5 Å². The van der Waals surface area contributed by atoms with Gasteiger partial charge in [0.1, 0.15) is 0 Å². The van der Waals surface area contributed by atoms with Gasteiger partial charge in [-0.2, -0.15) is 0 Å². The van der Waals surface area contributed by atoms with Crippen LogP contribution >= 0.6 is 15.9 Å². The number of aromatic nitrogens is 4. The highest BCUT2D eigenvalue weighted by Gasteiger charge is 2.21. The first-order valence-corrected chi connectivity index (χ1v) is 6.96. The van der Waals surface area contributed by atoms with Crippen molar-refractivity contribution < 1.29 is 4.74 Å². The second-order valence-corrected chi connectivity index (χ2v) is 5.41. The Balaban J connectivity index is 1.96. The van der Waals surface area contributed by atoms with E-state index in [1.165, 1.54) is 0 Å². The van der Waals surface area contributed by atoms with Crippen molar-refractivity contribution in [3.05, 3.63) is 22.7 Å². The molecule has 1 aliphatic rings. The Kier molecular flexibility index (Phi) is 3.48. The molecule has 6 nitrogen and oxygen atoms in total. The average Bonchev–Trinajstić information content (AvgIpc) is 2.92. The predicted molar refractivity (Wildman–Crippen MR) is 74.5 cm³/mol. The van der Waals surface area contributed by atoms with Crippen LogP contribution in [-0.2, 0) is 4.74 Å². The fourth-order valence-corrected chi connectivity index (χ4v) is 2.48. The summed E-state index contributed by atoms with van der Waals surface area (Å²) in [5, 5.41) is 12.0.